The maximum atomic E-state index is 12.3. The molecule has 3 N–H and O–H groups in total. The second-order valence-electron chi connectivity index (χ2n) is 6.30. The van der Waals surface area contributed by atoms with Crippen molar-refractivity contribution < 1.29 is 4.79 Å². The summed E-state index contributed by atoms with van der Waals surface area (Å²) < 4.78 is 1.06. The van der Waals surface area contributed by atoms with Crippen LogP contribution in [0.4, 0.5) is 5.69 Å². The van der Waals surface area contributed by atoms with E-state index >= 15 is 0 Å². The Hall–Kier alpha value is -0.910. The zero-order valence-electron chi connectivity index (χ0n) is 12.3. The molecule has 2 fully saturated rings. The van der Waals surface area contributed by atoms with Crippen molar-refractivity contribution in [1.29, 1.82) is 0 Å². The van der Waals surface area contributed by atoms with Crippen LogP contribution >= 0.6 is 15.9 Å². The van der Waals surface area contributed by atoms with E-state index in [4.69, 9.17) is 5.73 Å². The number of aryl methyl sites for hydroxylation is 1. The Morgan fingerprint density at radius 1 is 1.38 bits per heavy atom. The van der Waals surface area contributed by atoms with Gasteiger partial charge in [-0.1, -0.05) is 15.9 Å². The molecule has 2 aliphatic rings. The van der Waals surface area contributed by atoms with Crippen LogP contribution in [-0.4, -0.2) is 35.5 Å². The summed E-state index contributed by atoms with van der Waals surface area (Å²) in [7, 11) is 0. The summed E-state index contributed by atoms with van der Waals surface area (Å²) in [5, 5.41) is 3.00. The molecule has 2 heterocycles. The molecule has 0 aromatic heterocycles. The van der Waals surface area contributed by atoms with Crippen LogP contribution in [0.2, 0.25) is 0 Å². The number of piperidine rings is 1. The Balaban J connectivity index is 1.60. The highest BCUT2D eigenvalue weighted by Gasteiger charge is 2.40. The molecule has 5 heteroatoms. The molecule has 4 nitrogen and oxygen atoms in total. The van der Waals surface area contributed by atoms with Crippen LogP contribution in [0.15, 0.2) is 22.7 Å². The summed E-state index contributed by atoms with van der Waals surface area (Å²) in [6, 6.07) is 7.19. The quantitative estimate of drug-likeness (QED) is 0.879. The van der Waals surface area contributed by atoms with Crippen molar-refractivity contribution >= 4 is 27.5 Å². The number of benzene rings is 1. The van der Waals surface area contributed by atoms with Gasteiger partial charge < -0.3 is 11.1 Å². The zero-order valence-corrected chi connectivity index (χ0v) is 13.9. The van der Waals surface area contributed by atoms with Crippen LogP contribution in [-0.2, 0) is 4.79 Å². The number of amides is 1. The van der Waals surface area contributed by atoms with E-state index < -0.39 is 0 Å². The molecule has 0 spiro atoms. The van der Waals surface area contributed by atoms with E-state index in [9.17, 15) is 4.79 Å². The molecule has 0 radical (unpaired) electrons. The summed E-state index contributed by atoms with van der Waals surface area (Å²) >= 11 is 3.47. The maximum Gasteiger partial charge on any atom is 0.238 e. The Morgan fingerprint density at radius 3 is 2.67 bits per heavy atom. The topological polar surface area (TPSA) is 58.4 Å². The van der Waals surface area contributed by atoms with E-state index in [1.54, 1.807) is 0 Å². The number of nitrogens with zero attached hydrogens (tertiary/aromatic N) is 1. The SMILES string of the molecule is Cc1cc(NC(=O)CN2C3CCC2CC(N)C3)ccc1Br. The minimum absolute atomic E-state index is 0.0732. The molecule has 1 amide bonds. The van der Waals surface area contributed by atoms with Crippen molar-refractivity contribution in [2.75, 3.05) is 11.9 Å². The lowest BCUT2D eigenvalue weighted by atomic mass is 9.98. The first-order valence-electron chi connectivity index (χ1n) is 7.60. The molecule has 1 aromatic carbocycles. The number of carbonyl (C=O) groups is 1. The standard InChI is InChI=1S/C16H22BrN3O/c1-10-6-12(2-5-15(10)17)19-16(21)9-20-13-3-4-14(20)8-11(18)7-13/h2,5-6,11,13-14H,3-4,7-9,18H2,1H3,(H,19,21). The van der Waals surface area contributed by atoms with E-state index in [1.807, 2.05) is 25.1 Å². The Bertz CT molecular complexity index is 534. The fourth-order valence-corrected chi connectivity index (χ4v) is 3.91. The number of nitrogens with one attached hydrogen (secondary N) is 1. The molecule has 2 unspecified atom stereocenters. The highest BCUT2D eigenvalue weighted by Crippen LogP contribution is 2.34. The van der Waals surface area contributed by atoms with Gasteiger partial charge in [-0.25, -0.2) is 0 Å². The van der Waals surface area contributed by atoms with E-state index in [0.29, 0.717) is 24.7 Å². The van der Waals surface area contributed by atoms with Gasteiger partial charge in [-0.05, 0) is 56.4 Å². The van der Waals surface area contributed by atoms with Gasteiger partial charge in [-0.3, -0.25) is 9.69 Å². The normalized spacial score (nSPS) is 28.6. The Labute approximate surface area is 134 Å². The number of carbonyl (C=O) groups excluding carboxylic acids is 1. The van der Waals surface area contributed by atoms with Crippen molar-refractivity contribution in [1.82, 2.24) is 4.90 Å². The van der Waals surface area contributed by atoms with Crippen LogP contribution in [0.1, 0.15) is 31.2 Å². The van der Waals surface area contributed by atoms with Crippen molar-refractivity contribution in [3.05, 3.63) is 28.2 Å². The molecule has 114 valence electrons. The second-order valence-corrected chi connectivity index (χ2v) is 7.16. The van der Waals surface area contributed by atoms with Gasteiger partial charge >= 0.3 is 0 Å². The van der Waals surface area contributed by atoms with E-state index in [2.05, 4.69) is 26.1 Å². The maximum absolute atomic E-state index is 12.3. The first-order chi connectivity index (χ1) is 10.0. The van der Waals surface area contributed by atoms with E-state index in [0.717, 1.165) is 28.6 Å². The fraction of sp³-hybridized carbons (Fsp3) is 0.562. The van der Waals surface area contributed by atoms with E-state index in [1.165, 1.54) is 12.8 Å². The number of hydrogen-bond acceptors (Lipinski definition) is 3. The zero-order chi connectivity index (χ0) is 15.0. The predicted molar refractivity (Wildman–Crippen MR) is 88.2 cm³/mol. The monoisotopic (exact) mass is 351 g/mol. The number of hydrogen-bond donors (Lipinski definition) is 2. The molecule has 1 aromatic rings. The smallest absolute Gasteiger partial charge is 0.238 e. The van der Waals surface area contributed by atoms with Gasteiger partial charge in [0, 0.05) is 28.3 Å². The third-order valence-electron chi connectivity index (χ3n) is 4.69. The van der Waals surface area contributed by atoms with Gasteiger partial charge in [0.15, 0.2) is 0 Å². The summed E-state index contributed by atoms with van der Waals surface area (Å²) in [6.45, 7) is 2.50. The summed E-state index contributed by atoms with van der Waals surface area (Å²) in [5.41, 5.74) is 8.06. The van der Waals surface area contributed by atoms with Gasteiger partial charge in [0.2, 0.25) is 5.91 Å². The largest absolute Gasteiger partial charge is 0.328 e. The Morgan fingerprint density at radius 2 is 2.05 bits per heavy atom. The van der Waals surface area contributed by atoms with Gasteiger partial charge in [0.25, 0.3) is 0 Å². The van der Waals surface area contributed by atoms with Crippen molar-refractivity contribution in [2.45, 2.75) is 50.7 Å². The predicted octanol–water partition coefficient (Wildman–Crippen LogP) is 2.65. The number of fused-ring (bicyclic) bond motifs is 2. The molecule has 0 aliphatic carbocycles. The van der Waals surface area contributed by atoms with Gasteiger partial charge in [0.1, 0.15) is 0 Å². The summed E-state index contributed by atoms with van der Waals surface area (Å²) in [6.07, 6.45) is 4.43. The lowest BCUT2D eigenvalue weighted by Crippen LogP contribution is -2.49. The highest BCUT2D eigenvalue weighted by atomic mass is 79.9. The Kier molecular flexibility index (Phi) is 4.33. The minimum Gasteiger partial charge on any atom is -0.328 e. The molecule has 2 saturated heterocycles. The number of anilines is 1. The third kappa shape index (κ3) is 3.30. The van der Waals surface area contributed by atoms with Crippen LogP contribution in [0.3, 0.4) is 0 Å². The molecule has 21 heavy (non-hydrogen) atoms. The molecule has 2 atom stereocenters. The average molecular weight is 352 g/mol. The fourth-order valence-electron chi connectivity index (χ4n) is 3.66. The van der Waals surface area contributed by atoms with Gasteiger partial charge in [0.05, 0.1) is 6.54 Å². The molecule has 2 bridgehead atoms. The lowest BCUT2D eigenvalue weighted by molar-refractivity contribution is -0.118. The van der Waals surface area contributed by atoms with Crippen LogP contribution in [0.25, 0.3) is 0 Å². The second kappa shape index (κ2) is 6.07. The lowest BCUT2D eigenvalue weighted by Gasteiger charge is -2.37. The van der Waals surface area contributed by atoms with Crippen molar-refractivity contribution in [2.24, 2.45) is 5.73 Å². The van der Waals surface area contributed by atoms with Crippen molar-refractivity contribution in [3.63, 3.8) is 0 Å². The van der Waals surface area contributed by atoms with Gasteiger partial charge in [-0.15, -0.1) is 0 Å². The highest BCUT2D eigenvalue weighted by molar-refractivity contribution is 9.10. The van der Waals surface area contributed by atoms with E-state index in [-0.39, 0.29) is 5.91 Å². The summed E-state index contributed by atoms with van der Waals surface area (Å²) in [4.78, 5) is 14.6. The van der Waals surface area contributed by atoms with Crippen molar-refractivity contribution in [3.8, 4) is 0 Å². The molecule has 0 saturated carbocycles. The van der Waals surface area contributed by atoms with Gasteiger partial charge in [-0.2, -0.15) is 0 Å². The molecular formula is C16H22BrN3O. The van der Waals surface area contributed by atoms with Crippen LogP contribution in [0, 0.1) is 6.92 Å². The number of halogens is 1. The third-order valence-corrected chi connectivity index (χ3v) is 5.58. The first kappa shape index (κ1) is 15.0. The van der Waals surface area contributed by atoms with Crippen LogP contribution < -0.4 is 11.1 Å². The molecule has 3 rings (SSSR count). The van der Waals surface area contributed by atoms with Crippen LogP contribution in [0.5, 0.6) is 0 Å². The molecular weight excluding hydrogens is 330 g/mol. The minimum atomic E-state index is 0.0732. The first-order valence-corrected chi connectivity index (χ1v) is 8.39. The average Bonchev–Trinajstić information content (AvgIpc) is 2.67. The number of rotatable bonds is 3. The summed E-state index contributed by atoms with van der Waals surface area (Å²) in [5.74, 6) is 0.0732. The number of nitrogens with two attached hydrogens (primary N) is 1. The molecule has 2 aliphatic heterocycles.